The molecule has 18 heavy (non-hydrogen) atoms. The van der Waals surface area contributed by atoms with Crippen LogP contribution in [0, 0.1) is 0 Å². The van der Waals surface area contributed by atoms with E-state index < -0.39 is 17.7 Å². The second kappa shape index (κ2) is 3.55. The van der Waals surface area contributed by atoms with Crippen LogP contribution in [0.4, 0.5) is 5.69 Å². The molecule has 3 rings (SSSR count). The maximum atomic E-state index is 12.3. The molecule has 2 aliphatic rings. The average Bonchev–Trinajstić information content (AvgIpc) is 3.09. The Morgan fingerprint density at radius 3 is 2.94 bits per heavy atom. The van der Waals surface area contributed by atoms with Crippen LogP contribution in [-0.2, 0) is 24.7 Å². The van der Waals surface area contributed by atoms with Gasteiger partial charge in [-0.15, -0.1) is 0 Å². The molecule has 94 valence electrons. The molecule has 2 atom stereocenters. The highest BCUT2D eigenvalue weighted by Crippen LogP contribution is 2.55. The summed E-state index contributed by atoms with van der Waals surface area (Å²) in [6, 6.07) is 7.34. The molecular formula is C13H13NO4. The SMILES string of the molecule is CCOC(=O)[C@H]1O[C@@]12C(=O)N(C)c1ccccc12. The van der Waals surface area contributed by atoms with E-state index in [1.54, 1.807) is 14.0 Å². The minimum atomic E-state index is -1.14. The summed E-state index contributed by atoms with van der Waals surface area (Å²) >= 11 is 0. The van der Waals surface area contributed by atoms with Crippen molar-refractivity contribution in [1.29, 1.82) is 0 Å². The van der Waals surface area contributed by atoms with Crippen molar-refractivity contribution >= 4 is 17.6 Å². The van der Waals surface area contributed by atoms with E-state index in [0.29, 0.717) is 0 Å². The second-order valence-corrected chi connectivity index (χ2v) is 4.37. The Labute approximate surface area is 104 Å². The summed E-state index contributed by atoms with van der Waals surface area (Å²) in [5.74, 6) is -0.683. The highest BCUT2D eigenvalue weighted by molar-refractivity contribution is 6.12. The van der Waals surface area contributed by atoms with Crippen molar-refractivity contribution in [1.82, 2.24) is 0 Å². The molecule has 0 unspecified atom stereocenters. The molecule has 0 radical (unpaired) electrons. The van der Waals surface area contributed by atoms with E-state index in [0.717, 1.165) is 11.3 Å². The van der Waals surface area contributed by atoms with Crippen LogP contribution in [0.3, 0.4) is 0 Å². The first kappa shape index (κ1) is 11.2. The number of carbonyl (C=O) groups excluding carboxylic acids is 2. The van der Waals surface area contributed by atoms with Gasteiger partial charge in [-0.3, -0.25) is 4.79 Å². The maximum absolute atomic E-state index is 12.3. The molecule has 0 N–H and O–H groups in total. The summed E-state index contributed by atoms with van der Waals surface area (Å²) < 4.78 is 10.3. The summed E-state index contributed by atoms with van der Waals surface area (Å²) in [6.45, 7) is 2.00. The molecule has 5 nitrogen and oxygen atoms in total. The Bertz CT molecular complexity index is 542. The number of hydrogen-bond donors (Lipinski definition) is 0. The Hall–Kier alpha value is -1.88. The summed E-state index contributed by atoms with van der Waals surface area (Å²) in [6.07, 6.45) is -0.809. The average molecular weight is 247 g/mol. The molecule has 0 bridgehead atoms. The molecular weight excluding hydrogens is 234 g/mol. The van der Waals surface area contributed by atoms with Crippen molar-refractivity contribution < 1.29 is 19.1 Å². The molecule has 0 aromatic heterocycles. The Balaban J connectivity index is 2.00. The molecule has 1 amide bonds. The monoisotopic (exact) mass is 247 g/mol. The first-order valence-corrected chi connectivity index (χ1v) is 5.85. The van der Waals surface area contributed by atoms with Gasteiger partial charge in [0.1, 0.15) is 0 Å². The molecule has 1 saturated heterocycles. The summed E-state index contributed by atoms with van der Waals surface area (Å²) in [7, 11) is 1.68. The molecule has 0 aliphatic carbocycles. The molecule has 1 aromatic rings. The number of benzene rings is 1. The standard InChI is InChI=1S/C13H13NO4/c1-3-17-11(15)10-13(18-10)8-6-4-5-7-9(8)14(2)12(13)16/h4-7,10H,3H2,1-2H3/t10-,13-/m1/s1. The lowest BCUT2D eigenvalue weighted by Crippen LogP contribution is -2.33. The minimum Gasteiger partial charge on any atom is -0.464 e. The minimum absolute atomic E-state index is 0.207. The largest absolute Gasteiger partial charge is 0.464 e. The smallest absolute Gasteiger partial charge is 0.339 e. The van der Waals surface area contributed by atoms with Crippen LogP contribution < -0.4 is 4.90 Å². The number of para-hydroxylation sites is 1. The van der Waals surface area contributed by atoms with E-state index in [1.165, 1.54) is 4.90 Å². The highest BCUT2D eigenvalue weighted by Gasteiger charge is 2.72. The molecule has 2 heterocycles. The third kappa shape index (κ3) is 1.19. The van der Waals surface area contributed by atoms with Gasteiger partial charge in [0.2, 0.25) is 5.60 Å². The normalized spacial score (nSPS) is 28.4. The highest BCUT2D eigenvalue weighted by atomic mass is 16.7. The molecule has 5 heteroatoms. The van der Waals surface area contributed by atoms with E-state index in [2.05, 4.69) is 0 Å². The van der Waals surface area contributed by atoms with Gasteiger partial charge in [0.15, 0.2) is 6.10 Å². The van der Waals surface area contributed by atoms with Gasteiger partial charge in [-0.05, 0) is 13.0 Å². The van der Waals surface area contributed by atoms with Crippen molar-refractivity contribution in [3.05, 3.63) is 29.8 Å². The first-order valence-electron chi connectivity index (χ1n) is 5.85. The lowest BCUT2D eigenvalue weighted by atomic mass is 9.97. The Morgan fingerprint density at radius 1 is 1.50 bits per heavy atom. The van der Waals surface area contributed by atoms with Crippen molar-refractivity contribution in [2.45, 2.75) is 18.6 Å². The van der Waals surface area contributed by atoms with Crippen molar-refractivity contribution in [2.24, 2.45) is 0 Å². The third-order valence-electron chi connectivity index (χ3n) is 3.40. The number of amides is 1. The van der Waals surface area contributed by atoms with Gasteiger partial charge in [0.05, 0.1) is 12.3 Å². The molecule has 1 fully saturated rings. The number of likely N-dealkylation sites (N-methyl/N-ethyl adjacent to an activating group) is 1. The van der Waals surface area contributed by atoms with Crippen LogP contribution in [0.2, 0.25) is 0 Å². The van der Waals surface area contributed by atoms with Crippen molar-refractivity contribution in [2.75, 3.05) is 18.6 Å². The number of carbonyl (C=O) groups is 2. The fourth-order valence-corrected chi connectivity index (χ4v) is 2.51. The fraction of sp³-hybridized carbons (Fsp3) is 0.385. The van der Waals surface area contributed by atoms with Gasteiger partial charge in [-0.1, -0.05) is 18.2 Å². The summed E-state index contributed by atoms with van der Waals surface area (Å²) in [4.78, 5) is 25.5. The van der Waals surface area contributed by atoms with Crippen LogP contribution in [0.1, 0.15) is 12.5 Å². The van der Waals surface area contributed by atoms with Gasteiger partial charge in [0, 0.05) is 12.6 Å². The number of epoxide rings is 1. The zero-order valence-corrected chi connectivity index (χ0v) is 10.2. The number of nitrogens with zero attached hydrogens (tertiary/aromatic N) is 1. The number of fused-ring (bicyclic) bond motifs is 2. The van der Waals surface area contributed by atoms with E-state index in [-0.39, 0.29) is 12.5 Å². The van der Waals surface area contributed by atoms with Gasteiger partial charge < -0.3 is 14.4 Å². The number of hydrogen-bond acceptors (Lipinski definition) is 4. The summed E-state index contributed by atoms with van der Waals surface area (Å²) in [5, 5.41) is 0. The fourth-order valence-electron chi connectivity index (χ4n) is 2.51. The molecule has 1 aromatic carbocycles. The Morgan fingerprint density at radius 2 is 2.22 bits per heavy atom. The van der Waals surface area contributed by atoms with Crippen LogP contribution in [-0.4, -0.2) is 31.6 Å². The molecule has 2 aliphatic heterocycles. The summed E-state index contributed by atoms with van der Waals surface area (Å²) in [5.41, 5.74) is 0.391. The third-order valence-corrected chi connectivity index (χ3v) is 3.40. The number of ether oxygens (including phenoxy) is 2. The quantitative estimate of drug-likeness (QED) is 0.573. The Kier molecular flexibility index (Phi) is 2.22. The number of anilines is 1. The topological polar surface area (TPSA) is 59.1 Å². The van der Waals surface area contributed by atoms with Crippen LogP contribution in [0.15, 0.2) is 24.3 Å². The van der Waals surface area contributed by atoms with E-state index in [1.807, 2.05) is 24.3 Å². The molecule has 0 saturated carbocycles. The zero-order chi connectivity index (χ0) is 12.9. The predicted octanol–water partition coefficient (Wildman–Crippen LogP) is 0.820. The van der Waals surface area contributed by atoms with Gasteiger partial charge >= 0.3 is 5.97 Å². The van der Waals surface area contributed by atoms with Gasteiger partial charge in [-0.25, -0.2) is 4.79 Å². The van der Waals surface area contributed by atoms with Crippen LogP contribution in [0.25, 0.3) is 0 Å². The lowest BCUT2D eigenvalue weighted by molar-refractivity contribution is -0.144. The van der Waals surface area contributed by atoms with Crippen LogP contribution >= 0.6 is 0 Å². The van der Waals surface area contributed by atoms with E-state index in [4.69, 9.17) is 9.47 Å². The van der Waals surface area contributed by atoms with Crippen molar-refractivity contribution in [3.63, 3.8) is 0 Å². The van der Waals surface area contributed by atoms with E-state index >= 15 is 0 Å². The second-order valence-electron chi connectivity index (χ2n) is 4.37. The molecule has 1 spiro atoms. The maximum Gasteiger partial charge on any atom is 0.339 e. The zero-order valence-electron chi connectivity index (χ0n) is 10.2. The van der Waals surface area contributed by atoms with Gasteiger partial charge in [0.25, 0.3) is 5.91 Å². The lowest BCUT2D eigenvalue weighted by Gasteiger charge is -2.08. The van der Waals surface area contributed by atoms with E-state index in [9.17, 15) is 9.59 Å². The van der Waals surface area contributed by atoms with Crippen LogP contribution in [0.5, 0.6) is 0 Å². The number of esters is 1. The number of rotatable bonds is 2. The predicted molar refractivity (Wildman–Crippen MR) is 63.0 cm³/mol. The van der Waals surface area contributed by atoms with Crippen molar-refractivity contribution in [3.8, 4) is 0 Å². The van der Waals surface area contributed by atoms with Gasteiger partial charge in [-0.2, -0.15) is 0 Å². The first-order chi connectivity index (χ1) is 8.63.